The number of aliphatic hydroxyl groups is 1. The lowest BCUT2D eigenvalue weighted by Gasteiger charge is -2.40. The number of ether oxygens (including phenoxy) is 2. The second kappa shape index (κ2) is 7.56. The van der Waals surface area contributed by atoms with Crippen LogP contribution in [-0.2, 0) is 16.0 Å². The van der Waals surface area contributed by atoms with Crippen LogP contribution in [0.2, 0.25) is 5.02 Å². The fraction of sp³-hybridized carbons (Fsp3) is 0.409. The Kier molecular flexibility index (Phi) is 5.56. The van der Waals surface area contributed by atoms with Gasteiger partial charge in [0, 0.05) is 0 Å². The van der Waals surface area contributed by atoms with E-state index in [1.165, 1.54) is 0 Å². The van der Waals surface area contributed by atoms with E-state index >= 15 is 0 Å². The Balaban J connectivity index is 2.13. The standard InChI is InChI=1S/C22H26ClN3O4/c1-7-12-8-9-13(29-20-25-11(2)16(23)19(24)26-20)10-14(12)15-17(27)21(3,4)30-22(5,6)18(15)28/h8-10,27H,7H2,1-6H3,(H2,24,25,26). The molecule has 8 heteroatoms. The molecule has 0 saturated carbocycles. The summed E-state index contributed by atoms with van der Waals surface area (Å²) in [5, 5.41) is 11.2. The van der Waals surface area contributed by atoms with Gasteiger partial charge in [0.15, 0.2) is 5.78 Å². The predicted octanol–water partition coefficient (Wildman–Crippen LogP) is 4.80. The van der Waals surface area contributed by atoms with Gasteiger partial charge in [-0.15, -0.1) is 0 Å². The first-order valence-electron chi connectivity index (χ1n) is 9.67. The highest BCUT2D eigenvalue weighted by Crippen LogP contribution is 2.41. The molecule has 0 amide bonds. The van der Waals surface area contributed by atoms with Crippen LogP contribution in [0.1, 0.15) is 51.4 Å². The second-order valence-corrected chi connectivity index (χ2v) is 8.62. The number of carbonyl (C=O) groups excluding carboxylic acids is 1. The minimum absolute atomic E-state index is 0.0433. The molecular weight excluding hydrogens is 406 g/mol. The summed E-state index contributed by atoms with van der Waals surface area (Å²) in [5.74, 6) is 0.113. The van der Waals surface area contributed by atoms with Crippen LogP contribution in [0.5, 0.6) is 11.8 Å². The van der Waals surface area contributed by atoms with E-state index in [0.717, 1.165) is 5.56 Å². The van der Waals surface area contributed by atoms with Crippen molar-refractivity contribution in [3.8, 4) is 11.8 Å². The summed E-state index contributed by atoms with van der Waals surface area (Å²) in [7, 11) is 0. The topological polar surface area (TPSA) is 108 Å². The summed E-state index contributed by atoms with van der Waals surface area (Å²) < 4.78 is 11.6. The number of hydrogen-bond donors (Lipinski definition) is 2. The van der Waals surface area contributed by atoms with Gasteiger partial charge in [0.1, 0.15) is 33.6 Å². The minimum Gasteiger partial charge on any atom is -0.508 e. The zero-order valence-electron chi connectivity index (χ0n) is 18.0. The highest BCUT2D eigenvalue weighted by atomic mass is 35.5. The lowest BCUT2D eigenvalue weighted by Crippen LogP contribution is -2.49. The van der Waals surface area contributed by atoms with E-state index in [4.69, 9.17) is 26.8 Å². The van der Waals surface area contributed by atoms with Crippen LogP contribution in [0.3, 0.4) is 0 Å². The number of aryl methyl sites for hydroxylation is 2. The Morgan fingerprint density at radius 1 is 1.20 bits per heavy atom. The van der Waals surface area contributed by atoms with Crippen molar-refractivity contribution in [2.45, 2.75) is 59.2 Å². The molecule has 0 spiro atoms. The van der Waals surface area contributed by atoms with Crippen LogP contribution in [0.25, 0.3) is 5.57 Å². The Morgan fingerprint density at radius 2 is 1.87 bits per heavy atom. The largest absolute Gasteiger partial charge is 0.508 e. The predicted molar refractivity (Wildman–Crippen MR) is 116 cm³/mol. The van der Waals surface area contributed by atoms with Crippen LogP contribution >= 0.6 is 11.6 Å². The van der Waals surface area contributed by atoms with Gasteiger partial charge in [-0.25, -0.2) is 0 Å². The third-order valence-corrected chi connectivity index (χ3v) is 5.52. The summed E-state index contributed by atoms with van der Waals surface area (Å²) in [5.41, 5.74) is 5.89. The molecule has 3 rings (SSSR count). The Morgan fingerprint density at radius 3 is 2.47 bits per heavy atom. The molecule has 2 aromatic rings. The van der Waals surface area contributed by atoms with Crippen molar-refractivity contribution in [3.05, 3.63) is 45.8 Å². The number of hydrogen-bond acceptors (Lipinski definition) is 7. The second-order valence-electron chi connectivity index (χ2n) is 8.24. The van der Waals surface area contributed by atoms with Crippen molar-refractivity contribution in [2.75, 3.05) is 5.73 Å². The lowest BCUT2D eigenvalue weighted by atomic mass is 9.81. The highest BCUT2D eigenvalue weighted by Gasteiger charge is 2.47. The van der Waals surface area contributed by atoms with Gasteiger partial charge >= 0.3 is 6.01 Å². The number of ketones is 1. The van der Waals surface area contributed by atoms with E-state index in [0.29, 0.717) is 23.4 Å². The number of rotatable bonds is 4. The molecule has 160 valence electrons. The zero-order chi connectivity index (χ0) is 22.4. The number of aromatic nitrogens is 2. The SMILES string of the molecule is CCc1ccc(Oc2nc(C)c(Cl)c(N)n2)cc1C1=C(O)C(C)(C)OC(C)(C)C1=O. The van der Waals surface area contributed by atoms with Crippen molar-refractivity contribution in [1.82, 2.24) is 9.97 Å². The minimum atomic E-state index is -1.09. The van der Waals surface area contributed by atoms with Crippen LogP contribution in [0.4, 0.5) is 5.82 Å². The molecule has 0 atom stereocenters. The van der Waals surface area contributed by atoms with Crippen molar-refractivity contribution in [1.29, 1.82) is 0 Å². The van der Waals surface area contributed by atoms with E-state index in [2.05, 4.69) is 9.97 Å². The number of Topliss-reactive ketones (excluding diaryl/α,β-unsaturated/α-hetero) is 1. The summed E-state index contributed by atoms with van der Waals surface area (Å²) in [6.07, 6.45) is 0.658. The van der Waals surface area contributed by atoms with Crippen molar-refractivity contribution in [2.24, 2.45) is 0 Å². The Bertz CT molecular complexity index is 1040. The normalized spacial score (nSPS) is 17.9. The molecule has 3 N–H and O–H groups in total. The molecule has 0 fully saturated rings. The molecular formula is C22H26ClN3O4. The molecule has 1 aliphatic rings. The molecule has 0 bridgehead atoms. The van der Waals surface area contributed by atoms with Crippen molar-refractivity contribution in [3.63, 3.8) is 0 Å². The van der Waals surface area contributed by atoms with Gasteiger partial charge in [-0.1, -0.05) is 24.6 Å². The molecule has 0 radical (unpaired) electrons. The summed E-state index contributed by atoms with van der Waals surface area (Å²) in [4.78, 5) is 21.4. The molecule has 1 aliphatic heterocycles. The molecule has 2 heterocycles. The van der Waals surface area contributed by atoms with Gasteiger partial charge in [0.25, 0.3) is 0 Å². The summed E-state index contributed by atoms with van der Waals surface area (Å²) in [6.45, 7) is 10.5. The number of aliphatic hydroxyl groups excluding tert-OH is 1. The Hall–Kier alpha value is -2.64. The van der Waals surface area contributed by atoms with E-state index in [1.807, 2.05) is 13.0 Å². The Labute approximate surface area is 180 Å². The van der Waals surface area contributed by atoms with E-state index < -0.39 is 11.2 Å². The quantitative estimate of drug-likeness (QED) is 0.715. The number of nitrogens with two attached hydrogens (primary N) is 1. The lowest BCUT2D eigenvalue weighted by molar-refractivity contribution is -0.158. The van der Waals surface area contributed by atoms with E-state index in [-0.39, 0.29) is 34.0 Å². The number of carbonyl (C=O) groups is 1. The maximum Gasteiger partial charge on any atom is 0.324 e. The molecule has 0 aliphatic carbocycles. The first-order chi connectivity index (χ1) is 13.9. The van der Waals surface area contributed by atoms with Gasteiger partial charge in [-0.05, 0) is 64.3 Å². The smallest absolute Gasteiger partial charge is 0.324 e. The monoisotopic (exact) mass is 431 g/mol. The number of anilines is 1. The van der Waals surface area contributed by atoms with Crippen LogP contribution in [0.15, 0.2) is 24.0 Å². The van der Waals surface area contributed by atoms with Crippen LogP contribution < -0.4 is 10.5 Å². The number of nitrogen functional groups attached to an aromatic ring is 1. The van der Waals surface area contributed by atoms with Gasteiger partial charge < -0.3 is 20.3 Å². The van der Waals surface area contributed by atoms with Crippen molar-refractivity contribution >= 4 is 28.8 Å². The fourth-order valence-electron chi connectivity index (χ4n) is 3.56. The molecule has 1 aromatic carbocycles. The maximum atomic E-state index is 13.2. The third kappa shape index (κ3) is 3.87. The maximum absolute atomic E-state index is 13.2. The van der Waals surface area contributed by atoms with E-state index in [9.17, 15) is 9.90 Å². The molecule has 0 saturated heterocycles. The first kappa shape index (κ1) is 22.1. The van der Waals surface area contributed by atoms with Gasteiger partial charge in [0.2, 0.25) is 0 Å². The average Bonchev–Trinajstić information content (AvgIpc) is 2.64. The number of nitrogens with zero attached hydrogens (tertiary/aromatic N) is 2. The molecule has 7 nitrogen and oxygen atoms in total. The van der Waals surface area contributed by atoms with Gasteiger partial charge in [-0.3, -0.25) is 4.79 Å². The summed E-state index contributed by atoms with van der Waals surface area (Å²) >= 11 is 6.02. The first-order valence-corrected chi connectivity index (χ1v) is 10.0. The summed E-state index contributed by atoms with van der Waals surface area (Å²) in [6, 6.07) is 5.34. The van der Waals surface area contributed by atoms with Gasteiger partial charge in [0.05, 0.1) is 11.3 Å². The molecule has 1 aromatic heterocycles. The number of halogens is 1. The zero-order valence-corrected chi connectivity index (χ0v) is 18.7. The van der Waals surface area contributed by atoms with Crippen molar-refractivity contribution < 1.29 is 19.4 Å². The van der Waals surface area contributed by atoms with E-state index in [1.54, 1.807) is 46.8 Å². The average molecular weight is 432 g/mol. The molecule has 0 unspecified atom stereocenters. The highest BCUT2D eigenvalue weighted by molar-refractivity contribution is 6.33. The van der Waals surface area contributed by atoms with Crippen LogP contribution in [0, 0.1) is 6.92 Å². The third-order valence-electron chi connectivity index (χ3n) is 5.05. The number of benzene rings is 1. The van der Waals surface area contributed by atoms with Gasteiger partial charge in [-0.2, -0.15) is 9.97 Å². The molecule has 30 heavy (non-hydrogen) atoms. The van der Waals surface area contributed by atoms with Crippen LogP contribution in [-0.4, -0.2) is 32.1 Å². The fourth-order valence-corrected chi connectivity index (χ4v) is 3.64.